The number of rotatable bonds is 6. The molecule has 5 rings (SSSR count). The summed E-state index contributed by atoms with van der Waals surface area (Å²) in [6.45, 7) is 13.5. The van der Waals surface area contributed by atoms with Gasteiger partial charge in [-0.05, 0) is 97.0 Å². The molecule has 190 valence electrons. The topological polar surface area (TPSA) is 3.24 Å². The largest absolute Gasteiger partial charge is 0.310 e. The second-order valence-corrected chi connectivity index (χ2v) is 10.9. The molecule has 0 saturated carbocycles. The molecule has 0 atom stereocenters. The highest BCUT2D eigenvalue weighted by Crippen LogP contribution is 2.43. The van der Waals surface area contributed by atoms with Crippen molar-refractivity contribution in [3.05, 3.63) is 149 Å². The Morgan fingerprint density at radius 2 is 1.16 bits per heavy atom. The zero-order valence-electron chi connectivity index (χ0n) is 23.4. The standard InChI is InChI=1S/C37H37N/c1-26-19-22-32(23-20-26)38(35-24-21-31(25-28(35)3)30-14-8-7-9-15-30)36-18-12-17-34(29(36)4)37(5,6)33-16-11-10-13-27(33)2/h7-25H,1-6H3. The highest BCUT2D eigenvalue weighted by atomic mass is 15.1. The summed E-state index contributed by atoms with van der Waals surface area (Å²) in [5, 5.41) is 0. The van der Waals surface area contributed by atoms with Gasteiger partial charge in [-0.3, -0.25) is 0 Å². The minimum Gasteiger partial charge on any atom is -0.310 e. The van der Waals surface area contributed by atoms with E-state index >= 15 is 0 Å². The van der Waals surface area contributed by atoms with Crippen LogP contribution in [0.25, 0.3) is 11.1 Å². The molecule has 0 fully saturated rings. The maximum Gasteiger partial charge on any atom is 0.0493 e. The lowest BCUT2D eigenvalue weighted by Gasteiger charge is -2.34. The van der Waals surface area contributed by atoms with Crippen LogP contribution in [0.3, 0.4) is 0 Å². The summed E-state index contributed by atoms with van der Waals surface area (Å²) in [5.74, 6) is 0. The van der Waals surface area contributed by atoms with Gasteiger partial charge in [-0.2, -0.15) is 0 Å². The Labute approximate surface area is 228 Å². The number of benzene rings is 5. The van der Waals surface area contributed by atoms with Crippen LogP contribution >= 0.6 is 0 Å². The Morgan fingerprint density at radius 3 is 1.84 bits per heavy atom. The molecule has 0 N–H and O–H groups in total. The van der Waals surface area contributed by atoms with Crippen molar-refractivity contribution in [2.24, 2.45) is 0 Å². The maximum atomic E-state index is 2.43. The summed E-state index contributed by atoms with van der Waals surface area (Å²) in [6, 6.07) is 41.8. The molecule has 0 saturated heterocycles. The lowest BCUT2D eigenvalue weighted by atomic mass is 9.74. The van der Waals surface area contributed by atoms with Crippen LogP contribution in [-0.4, -0.2) is 0 Å². The second kappa shape index (κ2) is 10.3. The highest BCUT2D eigenvalue weighted by molar-refractivity contribution is 5.82. The van der Waals surface area contributed by atoms with Gasteiger partial charge in [0.15, 0.2) is 0 Å². The van der Waals surface area contributed by atoms with Crippen molar-refractivity contribution in [1.29, 1.82) is 0 Å². The Morgan fingerprint density at radius 1 is 0.500 bits per heavy atom. The molecule has 0 heterocycles. The molecule has 0 aliphatic carbocycles. The smallest absolute Gasteiger partial charge is 0.0493 e. The predicted molar refractivity (Wildman–Crippen MR) is 164 cm³/mol. The van der Waals surface area contributed by atoms with Crippen molar-refractivity contribution >= 4 is 17.1 Å². The molecule has 0 aromatic heterocycles. The number of hydrogen-bond acceptors (Lipinski definition) is 1. The quantitative estimate of drug-likeness (QED) is 0.226. The fraction of sp³-hybridized carbons (Fsp3) is 0.189. The Balaban J connectivity index is 1.68. The average Bonchev–Trinajstić information content (AvgIpc) is 2.92. The summed E-state index contributed by atoms with van der Waals surface area (Å²) in [7, 11) is 0. The van der Waals surface area contributed by atoms with Crippen LogP contribution < -0.4 is 4.90 Å². The maximum absolute atomic E-state index is 2.43. The molecular formula is C37H37N. The first-order valence-corrected chi connectivity index (χ1v) is 13.5. The van der Waals surface area contributed by atoms with Gasteiger partial charge in [-0.15, -0.1) is 0 Å². The SMILES string of the molecule is Cc1ccc(N(c2ccc(-c3ccccc3)cc2C)c2cccc(C(C)(C)c3ccccc3C)c2C)cc1. The summed E-state index contributed by atoms with van der Waals surface area (Å²) in [5.41, 5.74) is 13.8. The van der Waals surface area contributed by atoms with Crippen molar-refractivity contribution in [2.45, 2.75) is 47.0 Å². The number of hydrogen-bond donors (Lipinski definition) is 0. The Hall–Kier alpha value is -4.10. The number of nitrogens with zero attached hydrogens (tertiary/aromatic N) is 1. The van der Waals surface area contributed by atoms with Gasteiger partial charge in [0.05, 0.1) is 0 Å². The molecule has 0 aliphatic heterocycles. The van der Waals surface area contributed by atoms with Crippen LogP contribution in [0.1, 0.15) is 47.2 Å². The average molecular weight is 496 g/mol. The molecule has 0 aliphatic rings. The van der Waals surface area contributed by atoms with E-state index < -0.39 is 0 Å². The molecule has 0 bridgehead atoms. The monoisotopic (exact) mass is 495 g/mol. The van der Waals surface area contributed by atoms with E-state index in [1.807, 2.05) is 0 Å². The van der Waals surface area contributed by atoms with Crippen LogP contribution in [0.5, 0.6) is 0 Å². The van der Waals surface area contributed by atoms with Gasteiger partial charge in [0.1, 0.15) is 0 Å². The van der Waals surface area contributed by atoms with Gasteiger partial charge in [0.25, 0.3) is 0 Å². The van der Waals surface area contributed by atoms with Crippen molar-refractivity contribution < 1.29 is 0 Å². The molecule has 0 unspecified atom stereocenters. The van der Waals surface area contributed by atoms with Crippen molar-refractivity contribution in [1.82, 2.24) is 0 Å². The van der Waals surface area contributed by atoms with Crippen LogP contribution in [0.4, 0.5) is 17.1 Å². The van der Waals surface area contributed by atoms with Crippen LogP contribution in [0, 0.1) is 27.7 Å². The summed E-state index contributed by atoms with van der Waals surface area (Å²) in [6.07, 6.45) is 0. The van der Waals surface area contributed by atoms with Crippen LogP contribution in [-0.2, 0) is 5.41 Å². The van der Waals surface area contributed by atoms with Gasteiger partial charge in [-0.1, -0.05) is 104 Å². The lowest BCUT2D eigenvalue weighted by Crippen LogP contribution is -2.23. The zero-order chi connectivity index (χ0) is 26.9. The summed E-state index contributed by atoms with van der Waals surface area (Å²) >= 11 is 0. The highest BCUT2D eigenvalue weighted by Gasteiger charge is 2.28. The third-order valence-corrected chi connectivity index (χ3v) is 7.87. The second-order valence-electron chi connectivity index (χ2n) is 10.9. The van der Waals surface area contributed by atoms with Gasteiger partial charge in [0.2, 0.25) is 0 Å². The number of anilines is 3. The van der Waals surface area contributed by atoms with Gasteiger partial charge >= 0.3 is 0 Å². The van der Waals surface area contributed by atoms with E-state index in [4.69, 9.17) is 0 Å². The van der Waals surface area contributed by atoms with Crippen molar-refractivity contribution in [3.63, 3.8) is 0 Å². The molecule has 0 spiro atoms. The zero-order valence-corrected chi connectivity index (χ0v) is 23.4. The molecule has 5 aromatic carbocycles. The molecule has 1 nitrogen and oxygen atoms in total. The lowest BCUT2D eigenvalue weighted by molar-refractivity contribution is 0.631. The van der Waals surface area contributed by atoms with Crippen LogP contribution in [0.2, 0.25) is 0 Å². The third-order valence-electron chi connectivity index (χ3n) is 7.87. The summed E-state index contributed by atoms with van der Waals surface area (Å²) in [4.78, 5) is 2.43. The van der Waals surface area contributed by atoms with E-state index in [0.717, 1.165) is 0 Å². The van der Waals surface area contributed by atoms with E-state index in [2.05, 4.69) is 162 Å². The molecule has 38 heavy (non-hydrogen) atoms. The fourth-order valence-electron chi connectivity index (χ4n) is 5.78. The Kier molecular flexibility index (Phi) is 6.95. The van der Waals surface area contributed by atoms with Crippen molar-refractivity contribution in [3.8, 4) is 11.1 Å². The first kappa shape index (κ1) is 25.5. The number of aryl methyl sites for hydroxylation is 3. The van der Waals surface area contributed by atoms with Crippen molar-refractivity contribution in [2.75, 3.05) is 4.90 Å². The van der Waals surface area contributed by atoms with E-state index in [0.29, 0.717) is 0 Å². The molecule has 0 radical (unpaired) electrons. The minimum atomic E-state index is -0.128. The molecule has 5 aromatic rings. The van der Waals surface area contributed by atoms with Crippen LogP contribution in [0.15, 0.2) is 115 Å². The van der Waals surface area contributed by atoms with Gasteiger partial charge < -0.3 is 4.90 Å². The molecular weight excluding hydrogens is 458 g/mol. The molecule has 1 heteroatoms. The summed E-state index contributed by atoms with van der Waals surface area (Å²) < 4.78 is 0. The van der Waals surface area contributed by atoms with Gasteiger partial charge in [-0.25, -0.2) is 0 Å². The normalized spacial score (nSPS) is 11.4. The Bertz CT molecular complexity index is 1560. The predicted octanol–water partition coefficient (Wildman–Crippen LogP) is 10.4. The van der Waals surface area contributed by atoms with Gasteiger partial charge in [0, 0.05) is 22.5 Å². The fourth-order valence-corrected chi connectivity index (χ4v) is 5.78. The first-order valence-electron chi connectivity index (χ1n) is 13.5. The third kappa shape index (κ3) is 4.77. The van der Waals surface area contributed by atoms with E-state index in [1.54, 1.807) is 0 Å². The van der Waals surface area contributed by atoms with E-state index in [-0.39, 0.29) is 5.41 Å². The van der Waals surface area contributed by atoms with E-state index in [9.17, 15) is 0 Å². The first-order chi connectivity index (χ1) is 18.3. The van der Waals surface area contributed by atoms with E-state index in [1.165, 1.54) is 61.6 Å². The molecule has 0 amide bonds. The minimum absolute atomic E-state index is 0.128.